The first kappa shape index (κ1) is 13.6. The highest BCUT2D eigenvalue weighted by atomic mass is 79.9. The number of carboxylic acid groups (broad SMARTS) is 1. The number of benzene rings is 1. The van der Waals surface area contributed by atoms with Crippen LogP contribution in [0.3, 0.4) is 0 Å². The summed E-state index contributed by atoms with van der Waals surface area (Å²) >= 11 is 3.38. The number of rotatable bonds is 3. The van der Waals surface area contributed by atoms with E-state index in [4.69, 9.17) is 4.74 Å². The molecule has 19 heavy (non-hydrogen) atoms. The second kappa shape index (κ2) is 5.05. The summed E-state index contributed by atoms with van der Waals surface area (Å²) in [6, 6.07) is 5.36. The van der Waals surface area contributed by atoms with Gasteiger partial charge in [0.2, 0.25) is 0 Å². The van der Waals surface area contributed by atoms with Gasteiger partial charge < -0.3 is 14.4 Å². The van der Waals surface area contributed by atoms with Crippen LogP contribution in [0.1, 0.15) is 16.3 Å². The summed E-state index contributed by atoms with van der Waals surface area (Å²) in [4.78, 5) is 15.7. The Bertz CT molecular complexity index is 650. The van der Waals surface area contributed by atoms with E-state index in [0.29, 0.717) is 17.3 Å². The summed E-state index contributed by atoms with van der Waals surface area (Å²) in [7, 11) is 3.27. The lowest BCUT2D eigenvalue weighted by Gasteiger charge is -2.06. The molecular formula is C13H13BrN2O3. The Hall–Kier alpha value is -1.82. The van der Waals surface area contributed by atoms with Crippen molar-refractivity contribution in [3.63, 3.8) is 0 Å². The minimum atomic E-state index is -0.995. The van der Waals surface area contributed by atoms with E-state index < -0.39 is 5.97 Å². The highest BCUT2D eigenvalue weighted by Gasteiger charge is 2.20. The molecule has 0 fully saturated rings. The molecule has 0 spiro atoms. The van der Waals surface area contributed by atoms with Gasteiger partial charge in [-0.1, -0.05) is 0 Å². The summed E-state index contributed by atoms with van der Waals surface area (Å²) in [6.45, 7) is 1.77. The van der Waals surface area contributed by atoms with E-state index in [1.165, 1.54) is 0 Å². The first-order valence-electron chi connectivity index (χ1n) is 5.56. The molecule has 0 aliphatic carbocycles. The van der Waals surface area contributed by atoms with Crippen molar-refractivity contribution in [2.24, 2.45) is 7.05 Å². The molecule has 5 nitrogen and oxygen atoms in total. The maximum atomic E-state index is 11.3. The molecule has 1 heterocycles. The van der Waals surface area contributed by atoms with Gasteiger partial charge in [-0.05, 0) is 41.1 Å². The zero-order chi connectivity index (χ0) is 14.2. The Morgan fingerprint density at radius 1 is 1.47 bits per heavy atom. The normalized spacial score (nSPS) is 10.5. The Labute approximate surface area is 119 Å². The highest BCUT2D eigenvalue weighted by Crippen LogP contribution is 2.31. The van der Waals surface area contributed by atoms with Crippen molar-refractivity contribution in [3.05, 3.63) is 34.2 Å². The Balaban J connectivity index is 2.62. The maximum absolute atomic E-state index is 11.3. The number of ether oxygens (including phenoxy) is 1. The van der Waals surface area contributed by atoms with Gasteiger partial charge in [-0.3, -0.25) is 0 Å². The first-order valence-corrected chi connectivity index (χ1v) is 6.35. The van der Waals surface area contributed by atoms with Crippen LogP contribution in [0.15, 0.2) is 22.7 Å². The first-order chi connectivity index (χ1) is 8.95. The molecule has 0 saturated heterocycles. The Morgan fingerprint density at radius 2 is 2.16 bits per heavy atom. The molecule has 0 amide bonds. The molecule has 6 heteroatoms. The molecule has 0 unspecified atom stereocenters. The van der Waals surface area contributed by atoms with Gasteiger partial charge in [-0.15, -0.1) is 0 Å². The molecule has 0 aliphatic heterocycles. The number of hydrogen-bond acceptors (Lipinski definition) is 3. The zero-order valence-electron chi connectivity index (χ0n) is 10.8. The third-order valence-electron chi connectivity index (χ3n) is 2.95. The van der Waals surface area contributed by atoms with Crippen molar-refractivity contribution in [2.75, 3.05) is 7.11 Å². The maximum Gasteiger partial charge on any atom is 0.354 e. The lowest BCUT2D eigenvalue weighted by molar-refractivity contribution is 0.0687. The van der Waals surface area contributed by atoms with Crippen molar-refractivity contribution in [1.29, 1.82) is 0 Å². The van der Waals surface area contributed by atoms with Crippen LogP contribution in [0.4, 0.5) is 0 Å². The van der Waals surface area contributed by atoms with Gasteiger partial charge in [-0.2, -0.15) is 0 Å². The third kappa shape index (κ3) is 2.35. The van der Waals surface area contributed by atoms with Gasteiger partial charge in [0.15, 0.2) is 5.69 Å². The minimum absolute atomic E-state index is 0.176. The van der Waals surface area contributed by atoms with Crippen LogP contribution in [0, 0.1) is 6.92 Å². The number of carbonyl (C=O) groups is 1. The van der Waals surface area contributed by atoms with Gasteiger partial charge >= 0.3 is 5.97 Å². The predicted octanol–water partition coefficient (Wildman–Crippen LogP) is 2.86. The number of aromatic carboxylic acids is 1. The van der Waals surface area contributed by atoms with Crippen LogP contribution in [0.2, 0.25) is 0 Å². The quantitative estimate of drug-likeness (QED) is 0.942. The summed E-state index contributed by atoms with van der Waals surface area (Å²) in [5.74, 6) is 0.345. The predicted molar refractivity (Wildman–Crippen MR) is 74.6 cm³/mol. The largest absolute Gasteiger partial charge is 0.496 e. The van der Waals surface area contributed by atoms with E-state index >= 15 is 0 Å². The van der Waals surface area contributed by atoms with E-state index in [2.05, 4.69) is 20.9 Å². The van der Waals surface area contributed by atoms with Crippen LogP contribution in [-0.2, 0) is 7.05 Å². The van der Waals surface area contributed by atoms with Gasteiger partial charge in [0.1, 0.15) is 17.3 Å². The molecule has 2 aromatic rings. The number of carboxylic acids is 1. The Kier molecular flexibility index (Phi) is 3.61. The second-order valence-corrected chi connectivity index (χ2v) is 4.92. The highest BCUT2D eigenvalue weighted by molar-refractivity contribution is 9.10. The number of imidazole rings is 1. The van der Waals surface area contributed by atoms with Gasteiger partial charge in [0.05, 0.1) is 11.6 Å². The van der Waals surface area contributed by atoms with Crippen molar-refractivity contribution < 1.29 is 14.6 Å². The standard InChI is InChI=1S/C13H13BrN2O3/c1-7-15-11(12(13(17)18)16(7)2)8-4-5-10(19-3)9(14)6-8/h4-6H,1-3H3,(H,17,18). The van der Waals surface area contributed by atoms with Crippen LogP contribution >= 0.6 is 15.9 Å². The topological polar surface area (TPSA) is 64.4 Å². The number of methoxy groups -OCH3 is 1. The van der Waals surface area contributed by atoms with E-state index in [-0.39, 0.29) is 5.69 Å². The third-order valence-corrected chi connectivity index (χ3v) is 3.57. The lowest BCUT2D eigenvalue weighted by Crippen LogP contribution is -2.06. The molecule has 0 bridgehead atoms. The fraction of sp³-hybridized carbons (Fsp3) is 0.231. The zero-order valence-corrected chi connectivity index (χ0v) is 12.4. The fourth-order valence-electron chi connectivity index (χ4n) is 1.87. The Morgan fingerprint density at radius 3 is 2.68 bits per heavy atom. The number of aryl methyl sites for hydroxylation is 1. The fourth-order valence-corrected chi connectivity index (χ4v) is 2.41. The van der Waals surface area contributed by atoms with E-state index in [0.717, 1.165) is 10.0 Å². The van der Waals surface area contributed by atoms with Crippen LogP contribution in [-0.4, -0.2) is 27.7 Å². The second-order valence-electron chi connectivity index (χ2n) is 4.07. The molecule has 100 valence electrons. The molecule has 1 N–H and O–H groups in total. The number of halogens is 1. The molecule has 1 aromatic heterocycles. The SMILES string of the molecule is COc1ccc(-c2nc(C)n(C)c2C(=O)O)cc1Br. The van der Waals surface area contributed by atoms with E-state index in [1.807, 2.05) is 0 Å². The molecule has 1 aromatic carbocycles. The van der Waals surface area contributed by atoms with Gasteiger partial charge in [0, 0.05) is 12.6 Å². The summed E-state index contributed by atoms with van der Waals surface area (Å²) in [5.41, 5.74) is 1.36. The smallest absolute Gasteiger partial charge is 0.354 e. The summed E-state index contributed by atoms with van der Waals surface area (Å²) in [5, 5.41) is 9.29. The molecule has 2 rings (SSSR count). The van der Waals surface area contributed by atoms with Crippen molar-refractivity contribution in [2.45, 2.75) is 6.92 Å². The average molecular weight is 325 g/mol. The molecular weight excluding hydrogens is 312 g/mol. The minimum Gasteiger partial charge on any atom is -0.496 e. The van der Waals surface area contributed by atoms with Gasteiger partial charge in [0.25, 0.3) is 0 Å². The van der Waals surface area contributed by atoms with Crippen LogP contribution in [0.5, 0.6) is 5.75 Å². The summed E-state index contributed by atoms with van der Waals surface area (Å²) < 4.78 is 7.48. The van der Waals surface area contributed by atoms with Crippen LogP contribution < -0.4 is 4.74 Å². The molecule has 0 saturated carbocycles. The van der Waals surface area contributed by atoms with Gasteiger partial charge in [-0.25, -0.2) is 9.78 Å². The average Bonchev–Trinajstić information content (AvgIpc) is 2.66. The number of hydrogen-bond donors (Lipinski definition) is 1. The number of aromatic nitrogens is 2. The number of nitrogens with zero attached hydrogens (tertiary/aromatic N) is 2. The van der Waals surface area contributed by atoms with Crippen molar-refractivity contribution in [3.8, 4) is 17.0 Å². The lowest BCUT2D eigenvalue weighted by atomic mass is 10.1. The summed E-state index contributed by atoms with van der Waals surface area (Å²) in [6.07, 6.45) is 0. The monoisotopic (exact) mass is 324 g/mol. The molecule has 0 aliphatic rings. The van der Waals surface area contributed by atoms with Crippen LogP contribution in [0.25, 0.3) is 11.3 Å². The van der Waals surface area contributed by atoms with E-state index in [9.17, 15) is 9.90 Å². The molecule has 0 radical (unpaired) electrons. The van der Waals surface area contributed by atoms with E-state index in [1.54, 1.807) is 43.8 Å². The van der Waals surface area contributed by atoms with Crippen molar-refractivity contribution in [1.82, 2.24) is 9.55 Å². The van der Waals surface area contributed by atoms with Crippen molar-refractivity contribution >= 4 is 21.9 Å². The molecule has 0 atom stereocenters.